The standard InChI is InChI=1S/C12H20F3NO2/c13-12(14,15)9-18-7-3-6-16-11(17)8-10-4-1-2-5-10/h10H,1-9H2,(H,16,17). The van der Waals surface area contributed by atoms with E-state index in [0.29, 0.717) is 25.3 Å². The van der Waals surface area contributed by atoms with E-state index in [1.54, 1.807) is 0 Å². The van der Waals surface area contributed by atoms with Gasteiger partial charge in [-0.2, -0.15) is 13.2 Å². The fourth-order valence-electron chi connectivity index (χ4n) is 2.14. The lowest BCUT2D eigenvalue weighted by atomic mass is 10.0. The Labute approximate surface area is 105 Å². The summed E-state index contributed by atoms with van der Waals surface area (Å²) in [5.74, 6) is 0.490. The highest BCUT2D eigenvalue weighted by atomic mass is 19.4. The van der Waals surface area contributed by atoms with Gasteiger partial charge in [0.25, 0.3) is 0 Å². The fourth-order valence-corrected chi connectivity index (χ4v) is 2.14. The zero-order valence-electron chi connectivity index (χ0n) is 10.4. The first-order valence-electron chi connectivity index (χ1n) is 6.38. The second-order valence-corrected chi connectivity index (χ2v) is 4.73. The van der Waals surface area contributed by atoms with E-state index in [0.717, 1.165) is 12.8 Å². The quantitative estimate of drug-likeness (QED) is 0.720. The number of hydrogen-bond acceptors (Lipinski definition) is 2. The highest BCUT2D eigenvalue weighted by molar-refractivity contribution is 5.76. The van der Waals surface area contributed by atoms with Crippen molar-refractivity contribution >= 4 is 5.91 Å². The van der Waals surface area contributed by atoms with Gasteiger partial charge in [0.15, 0.2) is 0 Å². The summed E-state index contributed by atoms with van der Waals surface area (Å²) in [7, 11) is 0. The second-order valence-electron chi connectivity index (χ2n) is 4.73. The van der Waals surface area contributed by atoms with Gasteiger partial charge in [0.05, 0.1) is 0 Å². The van der Waals surface area contributed by atoms with E-state index in [-0.39, 0.29) is 12.5 Å². The number of halogens is 3. The lowest BCUT2D eigenvalue weighted by Gasteiger charge is -2.10. The molecule has 106 valence electrons. The fraction of sp³-hybridized carbons (Fsp3) is 0.917. The Morgan fingerprint density at radius 2 is 1.94 bits per heavy atom. The molecule has 0 saturated heterocycles. The Morgan fingerprint density at radius 1 is 1.28 bits per heavy atom. The van der Waals surface area contributed by atoms with Crippen LogP contribution in [0.1, 0.15) is 38.5 Å². The van der Waals surface area contributed by atoms with Crippen LogP contribution in [0.5, 0.6) is 0 Å². The van der Waals surface area contributed by atoms with Crippen LogP contribution in [0.2, 0.25) is 0 Å². The van der Waals surface area contributed by atoms with Gasteiger partial charge in [-0.15, -0.1) is 0 Å². The third-order valence-electron chi connectivity index (χ3n) is 3.00. The minimum Gasteiger partial charge on any atom is -0.372 e. The number of carbonyl (C=O) groups excluding carboxylic acids is 1. The van der Waals surface area contributed by atoms with Crippen LogP contribution in [0, 0.1) is 5.92 Å². The molecule has 0 radical (unpaired) electrons. The molecule has 0 aromatic rings. The maximum absolute atomic E-state index is 11.7. The number of alkyl halides is 3. The predicted octanol–water partition coefficient (Wildman–Crippen LogP) is 2.65. The Bertz CT molecular complexity index is 250. The molecule has 0 heterocycles. The van der Waals surface area contributed by atoms with Crippen molar-refractivity contribution in [2.45, 2.75) is 44.7 Å². The van der Waals surface area contributed by atoms with Crippen molar-refractivity contribution < 1.29 is 22.7 Å². The van der Waals surface area contributed by atoms with Gasteiger partial charge in [0.2, 0.25) is 5.91 Å². The number of nitrogens with one attached hydrogen (secondary N) is 1. The number of hydrogen-bond donors (Lipinski definition) is 1. The molecule has 6 heteroatoms. The SMILES string of the molecule is O=C(CC1CCCC1)NCCCOCC(F)(F)F. The average molecular weight is 267 g/mol. The summed E-state index contributed by atoms with van der Waals surface area (Å²) < 4.78 is 39.6. The molecule has 0 aliphatic heterocycles. The largest absolute Gasteiger partial charge is 0.411 e. The van der Waals surface area contributed by atoms with Gasteiger partial charge < -0.3 is 10.1 Å². The summed E-state index contributed by atoms with van der Waals surface area (Å²) in [5, 5.41) is 2.71. The van der Waals surface area contributed by atoms with Gasteiger partial charge in [-0.1, -0.05) is 12.8 Å². The number of amides is 1. The molecule has 1 N–H and O–H groups in total. The number of ether oxygens (including phenoxy) is 1. The molecule has 18 heavy (non-hydrogen) atoms. The molecule has 0 bridgehead atoms. The van der Waals surface area contributed by atoms with Crippen LogP contribution in [-0.4, -0.2) is 31.8 Å². The molecule has 0 unspecified atom stereocenters. The average Bonchev–Trinajstić information content (AvgIpc) is 2.74. The third-order valence-corrected chi connectivity index (χ3v) is 3.00. The zero-order chi connectivity index (χ0) is 13.4. The molecule has 1 fully saturated rings. The van der Waals surface area contributed by atoms with Crippen LogP contribution in [-0.2, 0) is 9.53 Å². The summed E-state index contributed by atoms with van der Waals surface area (Å²) in [5.41, 5.74) is 0. The maximum atomic E-state index is 11.7. The lowest BCUT2D eigenvalue weighted by molar-refractivity contribution is -0.174. The van der Waals surface area contributed by atoms with Crippen LogP contribution in [0.25, 0.3) is 0 Å². The minimum atomic E-state index is -4.27. The first-order valence-corrected chi connectivity index (χ1v) is 6.38. The monoisotopic (exact) mass is 267 g/mol. The van der Waals surface area contributed by atoms with Crippen LogP contribution >= 0.6 is 0 Å². The number of rotatable bonds is 7. The normalized spacial score (nSPS) is 17.1. The smallest absolute Gasteiger partial charge is 0.372 e. The van der Waals surface area contributed by atoms with Crippen molar-refractivity contribution in [1.29, 1.82) is 0 Å². The molecule has 1 aliphatic rings. The van der Waals surface area contributed by atoms with Crippen molar-refractivity contribution in [1.82, 2.24) is 5.32 Å². The Balaban J connectivity index is 1.92. The summed E-state index contributed by atoms with van der Waals surface area (Å²) in [6.07, 6.45) is 1.30. The van der Waals surface area contributed by atoms with E-state index in [2.05, 4.69) is 10.1 Å². The highest BCUT2D eigenvalue weighted by Crippen LogP contribution is 2.27. The van der Waals surface area contributed by atoms with E-state index in [1.807, 2.05) is 0 Å². The first-order chi connectivity index (χ1) is 8.47. The van der Waals surface area contributed by atoms with Crippen LogP contribution in [0.15, 0.2) is 0 Å². The van der Waals surface area contributed by atoms with Crippen LogP contribution < -0.4 is 5.32 Å². The summed E-state index contributed by atoms with van der Waals surface area (Å²) in [6.45, 7) is -0.824. The second kappa shape index (κ2) is 7.61. The summed E-state index contributed by atoms with van der Waals surface area (Å²) in [6, 6.07) is 0. The molecule has 3 nitrogen and oxygen atoms in total. The predicted molar refractivity (Wildman–Crippen MR) is 61.1 cm³/mol. The van der Waals surface area contributed by atoms with Crippen molar-refractivity contribution in [3.05, 3.63) is 0 Å². The van der Waals surface area contributed by atoms with E-state index in [9.17, 15) is 18.0 Å². The van der Waals surface area contributed by atoms with Gasteiger partial charge in [-0.25, -0.2) is 0 Å². The van der Waals surface area contributed by atoms with Crippen molar-refractivity contribution in [3.63, 3.8) is 0 Å². The van der Waals surface area contributed by atoms with E-state index < -0.39 is 12.8 Å². The Hall–Kier alpha value is -0.780. The molecule has 1 aliphatic carbocycles. The Kier molecular flexibility index (Phi) is 6.46. The maximum Gasteiger partial charge on any atom is 0.411 e. The van der Waals surface area contributed by atoms with E-state index in [4.69, 9.17) is 0 Å². The van der Waals surface area contributed by atoms with Crippen LogP contribution in [0.4, 0.5) is 13.2 Å². The van der Waals surface area contributed by atoms with Gasteiger partial charge in [-0.3, -0.25) is 4.79 Å². The van der Waals surface area contributed by atoms with E-state index >= 15 is 0 Å². The molecule has 0 aromatic carbocycles. The number of carbonyl (C=O) groups is 1. The molecule has 0 spiro atoms. The molecular weight excluding hydrogens is 247 g/mol. The van der Waals surface area contributed by atoms with Crippen molar-refractivity contribution in [2.24, 2.45) is 5.92 Å². The summed E-state index contributed by atoms with van der Waals surface area (Å²) in [4.78, 5) is 11.5. The highest BCUT2D eigenvalue weighted by Gasteiger charge is 2.27. The van der Waals surface area contributed by atoms with Gasteiger partial charge >= 0.3 is 6.18 Å². The van der Waals surface area contributed by atoms with Gasteiger partial charge in [-0.05, 0) is 25.2 Å². The van der Waals surface area contributed by atoms with E-state index in [1.165, 1.54) is 12.8 Å². The zero-order valence-corrected chi connectivity index (χ0v) is 10.4. The lowest BCUT2D eigenvalue weighted by Crippen LogP contribution is -2.27. The van der Waals surface area contributed by atoms with Gasteiger partial charge in [0, 0.05) is 19.6 Å². The third kappa shape index (κ3) is 7.53. The summed E-state index contributed by atoms with van der Waals surface area (Å²) >= 11 is 0. The molecule has 0 aromatic heterocycles. The molecule has 0 atom stereocenters. The van der Waals surface area contributed by atoms with Crippen molar-refractivity contribution in [3.8, 4) is 0 Å². The molecule has 1 saturated carbocycles. The topological polar surface area (TPSA) is 38.3 Å². The minimum absolute atomic E-state index is 0.00211. The molecular formula is C12H20F3NO2. The molecule has 1 rings (SSSR count). The van der Waals surface area contributed by atoms with Crippen LogP contribution in [0.3, 0.4) is 0 Å². The van der Waals surface area contributed by atoms with Crippen molar-refractivity contribution in [2.75, 3.05) is 19.8 Å². The molecule has 1 amide bonds. The van der Waals surface area contributed by atoms with Gasteiger partial charge in [0.1, 0.15) is 6.61 Å². The Morgan fingerprint density at radius 3 is 2.56 bits per heavy atom. The first kappa shape index (κ1) is 15.3.